The van der Waals surface area contributed by atoms with Gasteiger partial charge in [-0.15, -0.1) is 6.58 Å². The first-order chi connectivity index (χ1) is 33.1. The summed E-state index contributed by atoms with van der Waals surface area (Å²) in [5, 5.41) is 17.1. The van der Waals surface area contributed by atoms with Crippen LogP contribution in [0.3, 0.4) is 0 Å². The number of methoxy groups -OCH3 is 4. The molecule has 9 rings (SSSR count). The number of para-hydroxylation sites is 1. The fourth-order valence-electron chi connectivity index (χ4n) is 13.9. The second-order valence-electron chi connectivity index (χ2n) is 19.4. The van der Waals surface area contributed by atoms with Gasteiger partial charge in [0, 0.05) is 97.4 Å². The number of carbonyl (C=O) groups is 5. The number of hydrogen-bond donors (Lipinski definition) is 3. The van der Waals surface area contributed by atoms with Crippen LogP contribution in [0, 0.1) is 11.3 Å². The number of H-pyrrole nitrogens is 1. The van der Waals surface area contributed by atoms with Crippen LogP contribution in [0.25, 0.3) is 10.9 Å². The quantitative estimate of drug-likeness (QED) is 0.138. The van der Waals surface area contributed by atoms with Crippen molar-refractivity contribution in [3.05, 3.63) is 107 Å². The maximum atomic E-state index is 15.8. The zero-order chi connectivity index (χ0) is 49.4. The number of nitrogens with zero attached hydrogens (tertiary/aromatic N) is 3. The highest BCUT2D eigenvalue weighted by molar-refractivity contribution is 6.04. The van der Waals surface area contributed by atoms with Crippen molar-refractivity contribution in [3.63, 3.8) is 0 Å². The summed E-state index contributed by atoms with van der Waals surface area (Å²) in [4.78, 5) is 82.0. The third-order valence-corrected chi connectivity index (χ3v) is 16.3. The first-order valence-electron chi connectivity index (χ1n) is 23.8. The molecule has 2 fully saturated rings. The number of hydrogen-bond acceptors (Lipinski definition) is 14. The predicted octanol–water partition coefficient (Wildman–Crippen LogP) is 4.53. The molecule has 16 heteroatoms. The molecule has 1 spiro atoms. The number of benzene rings is 2. The Kier molecular flexibility index (Phi) is 12.1. The molecule has 6 heterocycles. The van der Waals surface area contributed by atoms with Gasteiger partial charge in [-0.25, -0.2) is 9.59 Å². The number of likely N-dealkylation sites (N-methyl/N-ethyl adjacent to an activating group) is 1. The third-order valence-electron chi connectivity index (χ3n) is 16.3. The van der Waals surface area contributed by atoms with E-state index in [1.165, 1.54) is 28.3 Å². The van der Waals surface area contributed by atoms with Gasteiger partial charge >= 0.3 is 23.9 Å². The van der Waals surface area contributed by atoms with E-state index in [1.54, 1.807) is 13.2 Å². The average Bonchev–Trinajstić information content (AvgIpc) is 4.01. The largest absolute Gasteiger partial charge is 0.496 e. The van der Waals surface area contributed by atoms with Crippen LogP contribution in [0.4, 0.5) is 5.69 Å². The van der Waals surface area contributed by atoms with E-state index >= 15 is 4.79 Å². The smallest absolute Gasteiger partial charge is 0.344 e. The molecule has 1 amide bonds. The third kappa shape index (κ3) is 6.64. The maximum absolute atomic E-state index is 15.8. The lowest BCUT2D eigenvalue weighted by Gasteiger charge is -2.63. The highest BCUT2D eigenvalue weighted by atomic mass is 16.6. The van der Waals surface area contributed by atoms with Crippen molar-refractivity contribution >= 4 is 46.4 Å². The number of anilines is 1. The Hall–Kier alpha value is -6.39. The summed E-state index contributed by atoms with van der Waals surface area (Å²) < 4.78 is 29.6. The molecule has 3 N–H and O–H groups in total. The van der Waals surface area contributed by atoms with E-state index in [0.29, 0.717) is 72.7 Å². The number of nitrogens with one attached hydrogen (secondary N) is 2. The van der Waals surface area contributed by atoms with Gasteiger partial charge in [-0.1, -0.05) is 61.9 Å². The summed E-state index contributed by atoms with van der Waals surface area (Å²) in [6, 6.07) is 10.1. The molecule has 1 saturated heterocycles. The molecule has 366 valence electrons. The normalized spacial score (nSPS) is 31.1. The van der Waals surface area contributed by atoms with Crippen molar-refractivity contribution in [2.75, 3.05) is 73.1 Å². The minimum absolute atomic E-state index is 0.109. The fraction of sp³-hybridized carbons (Fsp3) is 0.491. The van der Waals surface area contributed by atoms with E-state index in [2.05, 4.69) is 27.9 Å². The number of carbonyl (C=O) groups excluding carboxylic acids is 5. The molecule has 1 aromatic heterocycles. The Labute approximate surface area is 402 Å². The molecule has 0 radical (unpaired) electrons. The molecule has 0 unspecified atom stereocenters. The number of amides is 1. The Balaban J connectivity index is 1.40. The molecular formula is C53H63N5O11. The van der Waals surface area contributed by atoms with Crippen molar-refractivity contribution in [2.24, 2.45) is 11.3 Å². The van der Waals surface area contributed by atoms with E-state index < -0.39 is 75.7 Å². The van der Waals surface area contributed by atoms with Gasteiger partial charge in [0.2, 0.25) is 5.60 Å². The average molecular weight is 946 g/mol. The Morgan fingerprint density at radius 2 is 1.75 bits per heavy atom. The number of esters is 4. The zero-order valence-corrected chi connectivity index (χ0v) is 40.7. The van der Waals surface area contributed by atoms with E-state index in [1.807, 2.05) is 79.2 Å². The second kappa shape index (κ2) is 17.5. The SMILES string of the molecule is C=CCNC(=O)/C1=C(\C(=O)OC)Cc2c([nH]c3ccccc23)[C@@](C(=O)OC)(c2cc3c(cc2OC)N(C)[C@H]2[C@@](O)(C(=O)OC)[C@H](OC(C)=O)[C@]4(CC)C=CCN5CC[C@]32[C@@H]54)C[C@@H]2C=C(CC)CN1C2. The zero-order valence-electron chi connectivity index (χ0n) is 40.7. The molecule has 1 aliphatic carbocycles. The second-order valence-corrected chi connectivity index (χ2v) is 19.4. The summed E-state index contributed by atoms with van der Waals surface area (Å²) in [6.07, 6.45) is 8.00. The minimum Gasteiger partial charge on any atom is -0.496 e. The lowest BCUT2D eigenvalue weighted by molar-refractivity contribution is -0.228. The van der Waals surface area contributed by atoms with Crippen molar-refractivity contribution in [1.82, 2.24) is 20.1 Å². The molecule has 16 nitrogen and oxygen atoms in total. The summed E-state index contributed by atoms with van der Waals surface area (Å²) in [7, 11) is 7.24. The standard InChI is InChI=1S/C53H63N5O11/c1-10-20-54-43(60)41-35(44(61)66-7)24-34-33-16-13-14-17-38(33)55-42(34)52(48(62)67-8,27-32-23-31(11-2)28-58(41)29-32)37-25-36-39(26-40(37)65-6)56(5)46-51(36)19-22-57-21-15-18-50(12-3,45(51)57)47(69-30(4)59)53(46,64)49(63)68-9/h10,13-18,23,25-26,32,45-47,55,64H,1,11-12,19-22,24,27-29H2,2-9H3,(H,54,60)/b41-35+/t32-,45-,46+,47+,50+,51+,52-,53-/m0/s1. The molecule has 2 aromatic carbocycles. The molecule has 8 atom stereocenters. The first-order valence-corrected chi connectivity index (χ1v) is 23.8. The van der Waals surface area contributed by atoms with E-state index in [0.717, 1.165) is 16.5 Å². The van der Waals surface area contributed by atoms with Gasteiger partial charge < -0.3 is 48.9 Å². The monoisotopic (exact) mass is 945 g/mol. The minimum atomic E-state index is -2.38. The van der Waals surface area contributed by atoms with Crippen LogP contribution in [-0.4, -0.2) is 142 Å². The van der Waals surface area contributed by atoms with E-state index in [9.17, 15) is 24.3 Å². The van der Waals surface area contributed by atoms with Crippen LogP contribution in [0.15, 0.2) is 84.1 Å². The molecule has 2 bridgehead atoms. The molecule has 3 aromatic rings. The summed E-state index contributed by atoms with van der Waals surface area (Å²) in [5.74, 6) is -3.39. The summed E-state index contributed by atoms with van der Waals surface area (Å²) in [6.45, 7) is 11.0. The van der Waals surface area contributed by atoms with Crippen molar-refractivity contribution in [1.29, 1.82) is 0 Å². The van der Waals surface area contributed by atoms with Crippen LogP contribution in [0.5, 0.6) is 5.75 Å². The number of aromatic nitrogens is 1. The van der Waals surface area contributed by atoms with Gasteiger partial charge in [0.05, 0.1) is 40.1 Å². The topological polar surface area (TPSA) is 189 Å². The van der Waals surface area contributed by atoms with Crippen molar-refractivity contribution in [3.8, 4) is 5.75 Å². The highest BCUT2D eigenvalue weighted by Crippen LogP contribution is 2.68. The van der Waals surface area contributed by atoms with Gasteiger partial charge in [0.15, 0.2) is 6.10 Å². The number of aliphatic hydroxyl groups is 1. The summed E-state index contributed by atoms with van der Waals surface area (Å²) in [5.41, 5.74) is -1.23. The van der Waals surface area contributed by atoms with Gasteiger partial charge in [-0.05, 0) is 61.4 Å². The van der Waals surface area contributed by atoms with Gasteiger partial charge in [-0.3, -0.25) is 19.3 Å². The van der Waals surface area contributed by atoms with Crippen molar-refractivity contribution in [2.45, 2.75) is 87.5 Å². The maximum Gasteiger partial charge on any atom is 0.344 e. The molecular weight excluding hydrogens is 883 g/mol. The van der Waals surface area contributed by atoms with Crippen molar-refractivity contribution < 1.29 is 52.8 Å². The van der Waals surface area contributed by atoms with E-state index in [-0.39, 0.29) is 37.2 Å². The van der Waals surface area contributed by atoms with E-state index in [4.69, 9.17) is 23.7 Å². The Morgan fingerprint density at radius 3 is 2.42 bits per heavy atom. The lowest BCUT2D eigenvalue weighted by Crippen LogP contribution is -2.81. The van der Waals surface area contributed by atoms with Crippen LogP contribution in [-0.2, 0) is 60.2 Å². The number of ether oxygens (including phenoxy) is 5. The number of fused-ring (bicyclic) bond motifs is 6. The van der Waals surface area contributed by atoms with Gasteiger partial charge in [0.1, 0.15) is 16.9 Å². The molecule has 5 aliphatic heterocycles. The van der Waals surface area contributed by atoms with Crippen LogP contribution in [0.2, 0.25) is 0 Å². The van der Waals surface area contributed by atoms with Gasteiger partial charge in [-0.2, -0.15) is 0 Å². The number of rotatable bonds is 11. The molecule has 6 aliphatic rings. The molecule has 1 saturated carbocycles. The van der Waals surface area contributed by atoms with Crippen LogP contribution < -0.4 is 15.0 Å². The predicted molar refractivity (Wildman–Crippen MR) is 256 cm³/mol. The van der Waals surface area contributed by atoms with Crippen LogP contribution >= 0.6 is 0 Å². The first kappa shape index (κ1) is 47.7. The van der Waals surface area contributed by atoms with Crippen LogP contribution in [0.1, 0.15) is 68.8 Å². The fourth-order valence-corrected chi connectivity index (χ4v) is 13.9. The summed E-state index contributed by atoms with van der Waals surface area (Å²) >= 11 is 0. The highest BCUT2D eigenvalue weighted by Gasteiger charge is 2.80. The lowest BCUT2D eigenvalue weighted by atomic mass is 9.47. The van der Waals surface area contributed by atoms with Gasteiger partial charge in [0.25, 0.3) is 5.91 Å². The Bertz CT molecular complexity index is 2760. The molecule has 69 heavy (non-hydrogen) atoms. The Morgan fingerprint density at radius 1 is 1.00 bits per heavy atom. The number of aromatic amines is 1.